The van der Waals surface area contributed by atoms with Gasteiger partial charge in [-0.1, -0.05) is 63.4 Å². The number of rotatable bonds is 6. The number of hydrogen-bond acceptors (Lipinski definition) is 1. The predicted octanol–water partition coefficient (Wildman–Crippen LogP) is 4.30. The molecular weight excluding hydrogens is 220 g/mol. The minimum Gasteiger partial charge on any atom is -0.392 e. The molecule has 1 aromatic rings. The monoisotopic (exact) mass is 246 g/mol. The van der Waals surface area contributed by atoms with Crippen molar-refractivity contribution in [1.29, 1.82) is 0 Å². The van der Waals surface area contributed by atoms with Crippen molar-refractivity contribution in [2.75, 3.05) is 0 Å². The van der Waals surface area contributed by atoms with Crippen molar-refractivity contribution in [3.8, 4) is 0 Å². The fourth-order valence-corrected chi connectivity index (χ4v) is 3.36. The van der Waals surface area contributed by atoms with E-state index in [9.17, 15) is 5.11 Å². The zero-order valence-corrected chi connectivity index (χ0v) is 11.7. The lowest BCUT2D eigenvalue weighted by Gasteiger charge is -2.40. The fraction of sp³-hybridized carbons (Fsp3) is 0.647. The molecule has 1 aliphatic carbocycles. The highest BCUT2D eigenvalue weighted by molar-refractivity contribution is 5.27. The van der Waals surface area contributed by atoms with Crippen LogP contribution in [-0.4, -0.2) is 11.2 Å². The zero-order chi connectivity index (χ0) is 13.0. The minimum absolute atomic E-state index is 0.0448. The van der Waals surface area contributed by atoms with Crippen LogP contribution in [0.25, 0.3) is 0 Å². The maximum absolute atomic E-state index is 10.7. The van der Waals surface area contributed by atoms with Gasteiger partial charge in [-0.2, -0.15) is 0 Å². The first-order valence-corrected chi connectivity index (χ1v) is 7.46. The normalized spacial score (nSPS) is 18.4. The van der Waals surface area contributed by atoms with Crippen molar-refractivity contribution >= 4 is 0 Å². The Morgan fingerprint density at radius 1 is 1.17 bits per heavy atom. The van der Waals surface area contributed by atoms with E-state index < -0.39 is 0 Å². The Morgan fingerprint density at radius 2 is 1.78 bits per heavy atom. The van der Waals surface area contributed by atoms with Crippen molar-refractivity contribution in [1.82, 2.24) is 0 Å². The molecule has 1 nitrogen and oxygen atoms in total. The Labute approximate surface area is 111 Å². The molecule has 0 radical (unpaired) electrons. The topological polar surface area (TPSA) is 20.2 Å². The van der Waals surface area contributed by atoms with Gasteiger partial charge in [0.1, 0.15) is 0 Å². The lowest BCUT2D eigenvalue weighted by molar-refractivity contribution is 0.0382. The molecule has 0 spiro atoms. The molecule has 0 bridgehead atoms. The van der Waals surface area contributed by atoms with E-state index in [2.05, 4.69) is 44.2 Å². The molecule has 1 aromatic carbocycles. The van der Waals surface area contributed by atoms with Crippen molar-refractivity contribution in [3.05, 3.63) is 35.9 Å². The predicted molar refractivity (Wildman–Crippen MR) is 76.7 cm³/mol. The summed E-state index contributed by atoms with van der Waals surface area (Å²) in [6.45, 7) is 4.42. The van der Waals surface area contributed by atoms with Crippen LogP contribution >= 0.6 is 0 Å². The zero-order valence-electron chi connectivity index (χ0n) is 11.7. The van der Waals surface area contributed by atoms with Gasteiger partial charge in [0.25, 0.3) is 0 Å². The number of aliphatic hydroxyl groups is 1. The summed E-state index contributed by atoms with van der Waals surface area (Å²) in [6.07, 6.45) is 6.80. The Hall–Kier alpha value is -0.820. The molecule has 1 fully saturated rings. The van der Waals surface area contributed by atoms with Crippen LogP contribution in [0.4, 0.5) is 0 Å². The number of aliphatic hydroxyl groups excluding tert-OH is 1. The third-order valence-corrected chi connectivity index (χ3v) is 5.03. The second-order valence-electron chi connectivity index (χ2n) is 5.78. The number of benzene rings is 1. The van der Waals surface area contributed by atoms with E-state index >= 15 is 0 Å². The molecule has 1 saturated carbocycles. The highest BCUT2D eigenvalue weighted by Gasteiger charge is 2.38. The van der Waals surface area contributed by atoms with E-state index in [4.69, 9.17) is 0 Å². The van der Waals surface area contributed by atoms with Gasteiger partial charge >= 0.3 is 0 Å². The highest BCUT2D eigenvalue weighted by Crippen LogP contribution is 2.40. The summed E-state index contributed by atoms with van der Waals surface area (Å²) in [7, 11) is 0. The van der Waals surface area contributed by atoms with Crippen LogP contribution in [-0.2, 0) is 5.41 Å². The van der Waals surface area contributed by atoms with Crippen molar-refractivity contribution < 1.29 is 5.11 Å². The van der Waals surface area contributed by atoms with Gasteiger partial charge in [-0.05, 0) is 30.7 Å². The second kappa shape index (κ2) is 5.88. The standard InChI is InChI=1S/C17H26O/c1-3-17(4-2,15-11-6-5-7-12-15)16(18)13-14-9-8-10-14/h5-7,11-12,14,16,18H,3-4,8-10,13H2,1-2H3. The summed E-state index contributed by atoms with van der Waals surface area (Å²) in [6, 6.07) is 10.6. The van der Waals surface area contributed by atoms with Crippen LogP contribution in [0, 0.1) is 5.92 Å². The third-order valence-electron chi connectivity index (χ3n) is 5.03. The molecule has 1 N–H and O–H groups in total. The van der Waals surface area contributed by atoms with E-state index in [1.54, 1.807) is 0 Å². The van der Waals surface area contributed by atoms with E-state index in [0.717, 1.165) is 25.2 Å². The molecule has 1 unspecified atom stereocenters. The molecule has 2 rings (SSSR count). The van der Waals surface area contributed by atoms with Gasteiger partial charge in [0.05, 0.1) is 6.10 Å². The molecule has 18 heavy (non-hydrogen) atoms. The largest absolute Gasteiger partial charge is 0.392 e. The van der Waals surface area contributed by atoms with Crippen LogP contribution in [0.1, 0.15) is 57.9 Å². The van der Waals surface area contributed by atoms with Gasteiger partial charge in [-0.3, -0.25) is 0 Å². The van der Waals surface area contributed by atoms with Gasteiger partial charge in [0.15, 0.2) is 0 Å². The van der Waals surface area contributed by atoms with Crippen LogP contribution in [0.15, 0.2) is 30.3 Å². The Kier molecular flexibility index (Phi) is 4.45. The van der Waals surface area contributed by atoms with Crippen molar-refractivity contribution in [2.24, 2.45) is 5.92 Å². The third kappa shape index (κ3) is 2.47. The van der Waals surface area contributed by atoms with Gasteiger partial charge in [0, 0.05) is 5.41 Å². The molecule has 1 aliphatic rings. The number of hydrogen-bond donors (Lipinski definition) is 1. The van der Waals surface area contributed by atoms with Crippen molar-refractivity contribution in [2.45, 2.75) is 63.9 Å². The van der Waals surface area contributed by atoms with Gasteiger partial charge in [-0.25, -0.2) is 0 Å². The van der Waals surface area contributed by atoms with Crippen LogP contribution in [0.3, 0.4) is 0 Å². The molecule has 0 aliphatic heterocycles. The first-order valence-electron chi connectivity index (χ1n) is 7.46. The quantitative estimate of drug-likeness (QED) is 0.793. The van der Waals surface area contributed by atoms with Crippen LogP contribution < -0.4 is 0 Å². The summed E-state index contributed by atoms with van der Waals surface area (Å²) >= 11 is 0. The maximum Gasteiger partial charge on any atom is 0.0639 e. The van der Waals surface area contributed by atoms with E-state index in [1.807, 2.05) is 0 Å². The molecule has 1 atom stereocenters. The molecule has 1 heteroatoms. The molecule has 0 aromatic heterocycles. The van der Waals surface area contributed by atoms with Gasteiger partial charge in [0.2, 0.25) is 0 Å². The SMILES string of the molecule is CCC(CC)(c1ccccc1)C(O)CC1CCC1. The Balaban J connectivity index is 2.19. The highest BCUT2D eigenvalue weighted by atomic mass is 16.3. The minimum atomic E-state index is -0.194. The fourth-order valence-electron chi connectivity index (χ4n) is 3.36. The lowest BCUT2D eigenvalue weighted by Crippen LogP contribution is -2.40. The average molecular weight is 246 g/mol. The summed E-state index contributed by atoms with van der Waals surface area (Å²) < 4.78 is 0. The van der Waals surface area contributed by atoms with Gasteiger partial charge < -0.3 is 5.11 Å². The Morgan fingerprint density at radius 3 is 2.22 bits per heavy atom. The Bertz CT molecular complexity index is 349. The van der Waals surface area contributed by atoms with Crippen LogP contribution in [0.2, 0.25) is 0 Å². The summed E-state index contributed by atoms with van der Waals surface area (Å²) in [4.78, 5) is 0. The van der Waals surface area contributed by atoms with E-state index in [1.165, 1.54) is 24.8 Å². The maximum atomic E-state index is 10.7. The first-order chi connectivity index (χ1) is 8.73. The summed E-state index contributed by atoms with van der Waals surface area (Å²) in [5.74, 6) is 0.765. The average Bonchev–Trinajstić information content (AvgIpc) is 2.37. The summed E-state index contributed by atoms with van der Waals surface area (Å²) in [5, 5.41) is 10.7. The summed E-state index contributed by atoms with van der Waals surface area (Å²) in [5.41, 5.74) is 1.26. The van der Waals surface area contributed by atoms with Crippen LogP contribution in [0.5, 0.6) is 0 Å². The molecule has 0 heterocycles. The first kappa shape index (κ1) is 13.6. The van der Waals surface area contributed by atoms with E-state index in [0.29, 0.717) is 0 Å². The molecule has 100 valence electrons. The molecular formula is C17H26O. The van der Waals surface area contributed by atoms with Gasteiger partial charge in [-0.15, -0.1) is 0 Å². The lowest BCUT2D eigenvalue weighted by atomic mass is 9.67. The van der Waals surface area contributed by atoms with Crippen molar-refractivity contribution in [3.63, 3.8) is 0 Å². The molecule has 0 saturated heterocycles. The second-order valence-corrected chi connectivity index (χ2v) is 5.78. The van der Waals surface area contributed by atoms with E-state index in [-0.39, 0.29) is 11.5 Å². The molecule has 0 amide bonds. The smallest absolute Gasteiger partial charge is 0.0639 e.